The van der Waals surface area contributed by atoms with Crippen molar-refractivity contribution in [2.75, 3.05) is 6.54 Å². The van der Waals surface area contributed by atoms with Crippen LogP contribution in [0.15, 0.2) is 53.1 Å². The van der Waals surface area contributed by atoms with E-state index in [0.29, 0.717) is 23.4 Å². The summed E-state index contributed by atoms with van der Waals surface area (Å²) >= 11 is 0. The Bertz CT molecular complexity index is 981. The second-order valence-corrected chi connectivity index (χ2v) is 5.88. The number of halogens is 5. The first-order valence-corrected chi connectivity index (χ1v) is 8.09. The number of amides is 1. The molecular weight excluding hydrogens is 383 g/mol. The highest BCUT2D eigenvalue weighted by molar-refractivity contribution is 5.94. The number of nitrogens with zero attached hydrogens (tertiary/aromatic N) is 1. The first-order chi connectivity index (χ1) is 13.2. The van der Waals surface area contributed by atoms with E-state index in [0.717, 1.165) is 6.07 Å². The van der Waals surface area contributed by atoms with Crippen molar-refractivity contribution in [2.45, 2.75) is 12.6 Å². The summed E-state index contributed by atoms with van der Waals surface area (Å²) in [5, 5.41) is 2.41. The van der Waals surface area contributed by atoms with Gasteiger partial charge in [-0.3, -0.25) is 4.79 Å². The molecule has 3 rings (SSSR count). The van der Waals surface area contributed by atoms with E-state index in [1.54, 1.807) is 0 Å². The van der Waals surface area contributed by atoms with Crippen LogP contribution < -0.4 is 5.32 Å². The van der Waals surface area contributed by atoms with Gasteiger partial charge in [-0.05, 0) is 42.5 Å². The summed E-state index contributed by atoms with van der Waals surface area (Å²) in [5.74, 6) is -2.13. The predicted octanol–water partition coefficient (Wildman–Crippen LogP) is 4.61. The molecule has 0 fully saturated rings. The van der Waals surface area contributed by atoms with Crippen LogP contribution in [0.2, 0.25) is 0 Å². The summed E-state index contributed by atoms with van der Waals surface area (Å²) in [6.07, 6.45) is -3.17. The molecule has 9 heteroatoms. The van der Waals surface area contributed by atoms with Crippen molar-refractivity contribution in [3.63, 3.8) is 0 Å². The fraction of sp³-hybridized carbons (Fsp3) is 0.158. The van der Waals surface area contributed by atoms with Gasteiger partial charge in [-0.1, -0.05) is 0 Å². The minimum absolute atomic E-state index is 0.0477. The number of benzene rings is 2. The van der Waals surface area contributed by atoms with Crippen molar-refractivity contribution < 1.29 is 31.2 Å². The molecule has 3 aromatic rings. The van der Waals surface area contributed by atoms with Gasteiger partial charge >= 0.3 is 6.18 Å². The zero-order valence-corrected chi connectivity index (χ0v) is 14.2. The highest BCUT2D eigenvalue weighted by Crippen LogP contribution is 2.30. The molecule has 0 aliphatic heterocycles. The molecule has 0 saturated carbocycles. The minimum atomic E-state index is -4.76. The van der Waals surface area contributed by atoms with E-state index in [2.05, 4.69) is 10.3 Å². The van der Waals surface area contributed by atoms with E-state index in [9.17, 15) is 26.7 Å². The average molecular weight is 396 g/mol. The smallest absolute Gasteiger partial charge is 0.416 e. The van der Waals surface area contributed by atoms with E-state index >= 15 is 0 Å². The fourth-order valence-corrected chi connectivity index (χ4v) is 2.44. The first-order valence-electron chi connectivity index (χ1n) is 8.09. The maximum Gasteiger partial charge on any atom is 0.416 e. The molecule has 0 aliphatic rings. The first kappa shape index (κ1) is 19.5. The van der Waals surface area contributed by atoms with Crippen molar-refractivity contribution in [3.8, 4) is 11.5 Å². The third-order valence-corrected chi connectivity index (χ3v) is 3.80. The van der Waals surface area contributed by atoms with Crippen LogP contribution in [0.3, 0.4) is 0 Å². The van der Waals surface area contributed by atoms with Gasteiger partial charge < -0.3 is 9.73 Å². The maximum absolute atomic E-state index is 13.4. The second-order valence-electron chi connectivity index (χ2n) is 5.88. The Morgan fingerprint density at radius 1 is 1.04 bits per heavy atom. The quantitative estimate of drug-likeness (QED) is 0.641. The summed E-state index contributed by atoms with van der Waals surface area (Å²) in [6, 6.07) is 7.14. The van der Waals surface area contributed by atoms with Crippen LogP contribution in [0.25, 0.3) is 11.5 Å². The lowest BCUT2D eigenvalue weighted by Crippen LogP contribution is -2.26. The number of rotatable bonds is 5. The maximum atomic E-state index is 13.4. The highest BCUT2D eigenvalue weighted by Gasteiger charge is 2.32. The highest BCUT2D eigenvalue weighted by atomic mass is 19.4. The van der Waals surface area contributed by atoms with Gasteiger partial charge in [0.2, 0.25) is 5.89 Å². The zero-order valence-electron chi connectivity index (χ0n) is 14.2. The summed E-state index contributed by atoms with van der Waals surface area (Å²) in [6.45, 7) is 0.0477. The van der Waals surface area contributed by atoms with Gasteiger partial charge in [0.05, 0.1) is 11.3 Å². The van der Waals surface area contributed by atoms with Crippen molar-refractivity contribution >= 4 is 5.91 Å². The van der Waals surface area contributed by atoms with Gasteiger partial charge in [0.1, 0.15) is 17.9 Å². The summed E-state index contributed by atoms with van der Waals surface area (Å²) < 4.78 is 69.7. The van der Waals surface area contributed by atoms with Gasteiger partial charge in [-0.2, -0.15) is 13.2 Å². The number of hydrogen-bond acceptors (Lipinski definition) is 3. The number of carbonyl (C=O) groups excluding carboxylic acids is 1. The third-order valence-electron chi connectivity index (χ3n) is 3.80. The van der Waals surface area contributed by atoms with Crippen LogP contribution in [0, 0.1) is 11.6 Å². The van der Waals surface area contributed by atoms with E-state index < -0.39 is 34.8 Å². The molecule has 0 aliphatic carbocycles. The Balaban J connectivity index is 1.60. The van der Waals surface area contributed by atoms with Gasteiger partial charge in [0.15, 0.2) is 0 Å². The molecule has 0 spiro atoms. The lowest BCUT2D eigenvalue weighted by molar-refractivity contribution is -0.137. The molecule has 146 valence electrons. The molecular formula is C19H13F5N2O2. The SMILES string of the molecule is O=C(NCCc1coc(-c2ccc(F)cc2)n1)c1cc(F)cc(C(F)(F)F)c1. The van der Waals surface area contributed by atoms with Crippen molar-refractivity contribution in [1.29, 1.82) is 0 Å². The lowest BCUT2D eigenvalue weighted by atomic mass is 10.1. The van der Waals surface area contributed by atoms with Crippen LogP contribution >= 0.6 is 0 Å². The number of nitrogens with one attached hydrogen (secondary N) is 1. The minimum Gasteiger partial charge on any atom is -0.444 e. The van der Waals surface area contributed by atoms with Crippen LogP contribution in [-0.4, -0.2) is 17.4 Å². The zero-order chi connectivity index (χ0) is 20.3. The molecule has 0 unspecified atom stereocenters. The van der Waals surface area contributed by atoms with Crippen LogP contribution in [-0.2, 0) is 12.6 Å². The average Bonchev–Trinajstić information content (AvgIpc) is 3.10. The second kappa shape index (κ2) is 7.79. The number of oxazole rings is 1. The Labute approximate surface area is 156 Å². The summed E-state index contributed by atoms with van der Waals surface area (Å²) in [7, 11) is 0. The molecule has 0 saturated heterocycles. The number of alkyl halides is 3. The predicted molar refractivity (Wildman–Crippen MR) is 89.3 cm³/mol. The van der Waals surface area contributed by atoms with Gasteiger partial charge in [0.25, 0.3) is 5.91 Å². The number of hydrogen-bond donors (Lipinski definition) is 1. The van der Waals surface area contributed by atoms with E-state index in [1.165, 1.54) is 30.5 Å². The van der Waals surface area contributed by atoms with Gasteiger partial charge in [-0.25, -0.2) is 13.8 Å². The molecule has 4 nitrogen and oxygen atoms in total. The van der Waals surface area contributed by atoms with Gasteiger partial charge in [0, 0.05) is 24.1 Å². The molecule has 28 heavy (non-hydrogen) atoms. The van der Waals surface area contributed by atoms with E-state index in [4.69, 9.17) is 4.42 Å². The normalized spacial score (nSPS) is 11.5. The standard InChI is InChI=1S/C19H13F5N2O2/c20-14-3-1-11(2-4-14)18-26-16(10-28-18)5-6-25-17(27)12-7-13(19(22,23)24)9-15(21)8-12/h1-4,7-10H,5-6H2,(H,25,27). The summed E-state index contributed by atoms with van der Waals surface area (Å²) in [4.78, 5) is 16.2. The van der Waals surface area contributed by atoms with Crippen molar-refractivity contribution in [1.82, 2.24) is 10.3 Å². The van der Waals surface area contributed by atoms with Crippen LogP contribution in [0.5, 0.6) is 0 Å². The largest absolute Gasteiger partial charge is 0.444 e. The molecule has 0 radical (unpaired) electrons. The summed E-state index contributed by atoms with van der Waals surface area (Å²) in [5.41, 5.74) is -0.622. The Hall–Kier alpha value is -3.23. The Morgan fingerprint density at radius 2 is 1.75 bits per heavy atom. The van der Waals surface area contributed by atoms with Crippen LogP contribution in [0.1, 0.15) is 21.6 Å². The van der Waals surface area contributed by atoms with Crippen molar-refractivity contribution in [3.05, 3.63) is 77.2 Å². The van der Waals surface area contributed by atoms with Gasteiger partial charge in [-0.15, -0.1) is 0 Å². The molecule has 0 bridgehead atoms. The lowest BCUT2D eigenvalue weighted by Gasteiger charge is -2.09. The molecule has 1 amide bonds. The molecule has 1 heterocycles. The molecule has 1 aromatic heterocycles. The number of carbonyl (C=O) groups is 1. The van der Waals surface area contributed by atoms with Crippen molar-refractivity contribution in [2.24, 2.45) is 0 Å². The molecule has 0 atom stereocenters. The molecule has 1 N–H and O–H groups in total. The van der Waals surface area contributed by atoms with E-state index in [-0.39, 0.29) is 18.9 Å². The Kier molecular flexibility index (Phi) is 5.43. The van der Waals surface area contributed by atoms with Crippen LogP contribution in [0.4, 0.5) is 22.0 Å². The molecule has 2 aromatic carbocycles. The fourth-order valence-electron chi connectivity index (χ4n) is 2.44. The monoisotopic (exact) mass is 396 g/mol. The van der Waals surface area contributed by atoms with E-state index in [1.807, 2.05) is 0 Å². The topological polar surface area (TPSA) is 55.1 Å². The number of aromatic nitrogens is 1. The third kappa shape index (κ3) is 4.73. The Morgan fingerprint density at radius 3 is 2.43 bits per heavy atom.